The minimum absolute atomic E-state index is 0.179. The van der Waals surface area contributed by atoms with E-state index in [9.17, 15) is 14.9 Å². The number of morpholine rings is 1. The number of ether oxygens (including phenoxy) is 3. The number of anilines is 1. The number of nitriles is 1. The molecule has 2 aromatic heterocycles. The Bertz CT molecular complexity index is 1800. The SMILES string of the molecule is CNc1ncc2cc(-c3c(Cl)c(OC)cc(OC)c3Cl)c(=O)n(CCCC3CCN(C(=O)/C(C#N)=C\C(C)(C)N4CCOCC4)CC3)c2n1. The van der Waals surface area contributed by atoms with Crippen molar-refractivity contribution < 1.29 is 19.0 Å². The topological polar surface area (TPSA) is 135 Å². The molecule has 3 aromatic rings. The van der Waals surface area contributed by atoms with Crippen LogP contribution in [0.5, 0.6) is 11.5 Å². The lowest BCUT2D eigenvalue weighted by atomic mass is 9.91. The lowest BCUT2D eigenvalue weighted by Gasteiger charge is -2.39. The van der Waals surface area contributed by atoms with E-state index >= 15 is 0 Å². The second kappa shape index (κ2) is 15.8. The molecular weight excluding hydrogens is 669 g/mol. The first-order chi connectivity index (χ1) is 23.5. The Balaban J connectivity index is 1.32. The van der Waals surface area contributed by atoms with Crippen molar-refractivity contribution in [3.05, 3.63) is 50.4 Å². The molecule has 0 aliphatic carbocycles. The van der Waals surface area contributed by atoms with Crippen LogP contribution in [-0.4, -0.2) is 96.4 Å². The molecule has 0 bridgehead atoms. The molecule has 2 aliphatic rings. The first-order valence-electron chi connectivity index (χ1n) is 16.5. The number of nitrogens with zero attached hydrogens (tertiary/aromatic N) is 6. The summed E-state index contributed by atoms with van der Waals surface area (Å²) in [5, 5.41) is 13.9. The lowest BCUT2D eigenvalue weighted by Crippen LogP contribution is -2.49. The van der Waals surface area contributed by atoms with E-state index in [-0.39, 0.29) is 32.6 Å². The molecule has 1 amide bonds. The van der Waals surface area contributed by atoms with E-state index in [1.165, 1.54) is 14.2 Å². The highest BCUT2D eigenvalue weighted by Gasteiger charge is 2.31. The second-order valence-corrected chi connectivity index (χ2v) is 13.6. The normalized spacial score (nSPS) is 16.4. The zero-order valence-corrected chi connectivity index (χ0v) is 30.2. The Kier molecular flexibility index (Phi) is 11.7. The van der Waals surface area contributed by atoms with Gasteiger partial charge in [0.1, 0.15) is 28.8 Å². The van der Waals surface area contributed by atoms with Crippen molar-refractivity contribution in [2.24, 2.45) is 5.92 Å². The summed E-state index contributed by atoms with van der Waals surface area (Å²) < 4.78 is 18.0. The molecule has 2 fully saturated rings. The summed E-state index contributed by atoms with van der Waals surface area (Å²) in [4.78, 5) is 40.6. The van der Waals surface area contributed by atoms with Gasteiger partial charge in [-0.3, -0.25) is 19.1 Å². The Morgan fingerprint density at radius 2 is 1.78 bits per heavy atom. The highest BCUT2D eigenvalue weighted by molar-refractivity contribution is 6.41. The van der Waals surface area contributed by atoms with Gasteiger partial charge in [0.25, 0.3) is 11.5 Å². The summed E-state index contributed by atoms with van der Waals surface area (Å²) in [7, 11) is 4.69. The summed E-state index contributed by atoms with van der Waals surface area (Å²) in [6.45, 7) is 8.41. The fourth-order valence-electron chi connectivity index (χ4n) is 6.65. The number of likely N-dealkylation sites (tertiary alicyclic amines) is 1. The quantitative estimate of drug-likeness (QED) is 0.203. The second-order valence-electron chi connectivity index (χ2n) is 12.8. The Morgan fingerprint density at radius 3 is 2.37 bits per heavy atom. The number of fused-ring (bicyclic) bond motifs is 1. The zero-order chi connectivity index (χ0) is 35.3. The minimum Gasteiger partial charge on any atom is -0.495 e. The number of halogens is 2. The van der Waals surface area contributed by atoms with E-state index < -0.39 is 5.54 Å². The molecule has 1 N–H and O–H groups in total. The number of piperidine rings is 1. The van der Waals surface area contributed by atoms with Crippen LogP contribution in [0.15, 0.2) is 34.8 Å². The maximum atomic E-state index is 14.2. The van der Waals surface area contributed by atoms with Gasteiger partial charge in [0.15, 0.2) is 0 Å². The molecule has 49 heavy (non-hydrogen) atoms. The van der Waals surface area contributed by atoms with Gasteiger partial charge in [-0.05, 0) is 57.6 Å². The summed E-state index contributed by atoms with van der Waals surface area (Å²) >= 11 is 13.5. The van der Waals surface area contributed by atoms with Crippen LogP contribution in [0.3, 0.4) is 0 Å². The van der Waals surface area contributed by atoms with Crippen LogP contribution in [0, 0.1) is 17.2 Å². The van der Waals surface area contributed by atoms with Crippen molar-refractivity contribution in [3.63, 3.8) is 0 Å². The molecule has 4 heterocycles. The van der Waals surface area contributed by atoms with Gasteiger partial charge in [-0.25, -0.2) is 4.98 Å². The molecule has 12 nitrogen and oxygen atoms in total. The third-order valence-electron chi connectivity index (χ3n) is 9.46. The van der Waals surface area contributed by atoms with E-state index in [2.05, 4.69) is 26.3 Å². The van der Waals surface area contributed by atoms with Gasteiger partial charge in [0.2, 0.25) is 5.95 Å². The number of carbonyl (C=O) groups is 1. The molecule has 0 saturated carbocycles. The number of aryl methyl sites for hydroxylation is 1. The van der Waals surface area contributed by atoms with Crippen LogP contribution in [0.2, 0.25) is 10.0 Å². The predicted molar refractivity (Wildman–Crippen MR) is 191 cm³/mol. The molecule has 2 saturated heterocycles. The summed E-state index contributed by atoms with van der Waals surface area (Å²) in [6, 6.07) is 5.43. The molecular formula is C35H43Cl2N7O5. The van der Waals surface area contributed by atoms with E-state index in [1.807, 2.05) is 13.8 Å². The Morgan fingerprint density at radius 1 is 1.12 bits per heavy atom. The standard InChI is InChI=1S/C35H43Cl2N7O5/c1-35(2,43-13-15-49-16-14-43)19-24(20-38)32(45)42-11-8-22(9-12-42)7-6-10-44-31-23(21-40-34(39-3)41-31)17-25(33(44)46)28-29(36)26(47-4)18-27(48-5)30(28)37/h17-19,21-22H,6-16H2,1-5H3,(H,39,40,41)/b24-19-. The average molecular weight is 713 g/mol. The van der Waals surface area contributed by atoms with E-state index in [0.717, 1.165) is 32.4 Å². The molecule has 2 aliphatic heterocycles. The molecule has 0 unspecified atom stereocenters. The molecule has 5 rings (SSSR count). The number of pyridine rings is 1. The number of carbonyl (C=O) groups excluding carboxylic acids is 1. The summed E-state index contributed by atoms with van der Waals surface area (Å²) in [5.41, 5.74) is 0.531. The monoisotopic (exact) mass is 711 g/mol. The first-order valence-corrected chi connectivity index (χ1v) is 17.2. The van der Waals surface area contributed by atoms with Crippen molar-refractivity contribution in [2.45, 2.75) is 51.6 Å². The molecule has 1 aromatic carbocycles. The van der Waals surface area contributed by atoms with Gasteiger partial charge in [0.05, 0.1) is 43.0 Å². The molecule has 0 radical (unpaired) electrons. The van der Waals surface area contributed by atoms with Gasteiger partial charge in [-0.2, -0.15) is 10.2 Å². The average Bonchev–Trinajstić information content (AvgIpc) is 3.12. The molecule has 0 spiro atoms. The van der Waals surface area contributed by atoms with Crippen molar-refractivity contribution in [2.75, 3.05) is 66.0 Å². The Labute approximate surface area is 296 Å². The van der Waals surface area contributed by atoms with Gasteiger partial charge in [-0.1, -0.05) is 23.2 Å². The van der Waals surface area contributed by atoms with E-state index in [4.69, 9.17) is 37.4 Å². The Hall–Kier alpha value is -3.89. The number of benzene rings is 1. The molecule has 14 heteroatoms. The van der Waals surface area contributed by atoms with Gasteiger partial charge < -0.3 is 24.4 Å². The highest BCUT2D eigenvalue weighted by atomic mass is 35.5. The van der Waals surface area contributed by atoms with Crippen LogP contribution < -0.4 is 20.3 Å². The van der Waals surface area contributed by atoms with Crippen LogP contribution in [0.25, 0.3) is 22.2 Å². The number of aromatic nitrogens is 3. The number of amides is 1. The maximum Gasteiger partial charge on any atom is 0.264 e. The van der Waals surface area contributed by atoms with Crippen molar-refractivity contribution in [1.82, 2.24) is 24.3 Å². The van der Waals surface area contributed by atoms with Crippen molar-refractivity contribution >= 4 is 46.1 Å². The largest absolute Gasteiger partial charge is 0.495 e. The highest BCUT2D eigenvalue weighted by Crippen LogP contribution is 2.45. The number of methoxy groups -OCH3 is 2. The lowest BCUT2D eigenvalue weighted by molar-refractivity contribution is -0.128. The molecule has 262 valence electrons. The van der Waals surface area contributed by atoms with E-state index in [0.29, 0.717) is 79.2 Å². The van der Waals surface area contributed by atoms with Crippen LogP contribution >= 0.6 is 23.2 Å². The van der Waals surface area contributed by atoms with Crippen molar-refractivity contribution in [3.8, 4) is 28.7 Å². The maximum absolute atomic E-state index is 14.2. The first kappa shape index (κ1) is 36.4. The van der Waals surface area contributed by atoms with Gasteiger partial charge in [0, 0.05) is 68.5 Å². The molecule has 0 atom stereocenters. The summed E-state index contributed by atoms with van der Waals surface area (Å²) in [5.74, 6) is 1.19. The zero-order valence-electron chi connectivity index (χ0n) is 28.6. The smallest absolute Gasteiger partial charge is 0.264 e. The third kappa shape index (κ3) is 7.80. The number of rotatable bonds is 11. The number of hydrogen-bond acceptors (Lipinski definition) is 10. The summed E-state index contributed by atoms with van der Waals surface area (Å²) in [6.07, 6.45) is 6.64. The third-order valence-corrected chi connectivity index (χ3v) is 10.2. The number of hydrogen-bond donors (Lipinski definition) is 1. The van der Waals surface area contributed by atoms with Crippen LogP contribution in [0.4, 0.5) is 5.95 Å². The number of nitrogens with one attached hydrogen (secondary N) is 1. The van der Waals surface area contributed by atoms with Crippen LogP contribution in [-0.2, 0) is 16.1 Å². The van der Waals surface area contributed by atoms with Crippen molar-refractivity contribution in [1.29, 1.82) is 5.26 Å². The van der Waals surface area contributed by atoms with Gasteiger partial charge in [-0.15, -0.1) is 0 Å². The van der Waals surface area contributed by atoms with Gasteiger partial charge >= 0.3 is 0 Å². The fourth-order valence-corrected chi connectivity index (χ4v) is 7.35. The predicted octanol–water partition coefficient (Wildman–Crippen LogP) is 5.40. The fraction of sp³-hybridized carbons (Fsp3) is 0.514. The minimum atomic E-state index is -0.434. The van der Waals surface area contributed by atoms with E-state index in [1.54, 1.807) is 40.9 Å². The van der Waals surface area contributed by atoms with Crippen LogP contribution in [0.1, 0.15) is 39.5 Å².